The van der Waals surface area contributed by atoms with Crippen molar-refractivity contribution in [3.8, 4) is 5.75 Å². The van der Waals surface area contributed by atoms with Crippen LogP contribution in [-0.4, -0.2) is 12.5 Å². The fourth-order valence-electron chi connectivity index (χ4n) is 3.64. The number of hydrogen-bond donors (Lipinski definition) is 0. The molecular weight excluding hydrogens is 396 g/mol. The maximum absolute atomic E-state index is 14.0. The van der Waals surface area contributed by atoms with Crippen LogP contribution < -0.4 is 4.74 Å². The monoisotopic (exact) mass is 415 g/mol. The topological polar surface area (TPSA) is 30.8 Å². The minimum Gasteiger partial charge on any atom is -0.489 e. The Morgan fingerprint density at radius 1 is 0.839 bits per heavy atom. The molecule has 1 heterocycles. The summed E-state index contributed by atoms with van der Waals surface area (Å²) in [5.41, 5.74) is 1.71. The molecule has 0 amide bonds. The summed E-state index contributed by atoms with van der Waals surface area (Å²) in [4.78, 5) is 4.39. The minimum atomic E-state index is -0.680. The molecule has 0 radical (unpaired) electrons. The summed E-state index contributed by atoms with van der Waals surface area (Å²) >= 11 is 0. The van der Waals surface area contributed by atoms with Crippen molar-refractivity contribution >= 4 is 16.7 Å². The van der Waals surface area contributed by atoms with Gasteiger partial charge in [-0.05, 0) is 46.2 Å². The van der Waals surface area contributed by atoms with Gasteiger partial charge in [0, 0.05) is 0 Å². The molecule has 0 spiro atoms. The second-order valence-corrected chi connectivity index (χ2v) is 7.40. The standard InChI is InChI=1S/C26H19F2NO2/c27-22-6-3-7-23(28)25(22)26-29-24(16-31-26)19-10-8-17(9-11-19)15-30-21-13-12-18-4-1-2-5-20(18)14-21/h1-14,24H,15-16H2. The van der Waals surface area contributed by atoms with E-state index in [2.05, 4.69) is 17.1 Å². The Hall–Kier alpha value is -3.73. The van der Waals surface area contributed by atoms with Crippen molar-refractivity contribution in [2.45, 2.75) is 12.6 Å². The summed E-state index contributed by atoms with van der Waals surface area (Å²) in [6, 6.07) is 25.4. The molecule has 31 heavy (non-hydrogen) atoms. The van der Waals surface area contributed by atoms with Crippen LogP contribution in [0.25, 0.3) is 10.8 Å². The molecule has 0 fully saturated rings. The summed E-state index contributed by atoms with van der Waals surface area (Å²) in [5.74, 6) is -0.543. The Morgan fingerprint density at radius 3 is 2.35 bits per heavy atom. The molecule has 1 aliphatic heterocycles. The molecule has 3 nitrogen and oxygen atoms in total. The van der Waals surface area contributed by atoms with E-state index < -0.39 is 11.6 Å². The lowest BCUT2D eigenvalue weighted by atomic mass is 10.1. The molecule has 0 saturated heterocycles. The average molecular weight is 415 g/mol. The third-order valence-electron chi connectivity index (χ3n) is 5.32. The molecule has 154 valence electrons. The van der Waals surface area contributed by atoms with Crippen molar-refractivity contribution in [3.63, 3.8) is 0 Å². The molecule has 1 atom stereocenters. The van der Waals surface area contributed by atoms with Crippen LogP contribution in [0.3, 0.4) is 0 Å². The molecule has 1 aliphatic rings. The van der Waals surface area contributed by atoms with E-state index in [4.69, 9.17) is 9.47 Å². The van der Waals surface area contributed by atoms with Crippen molar-refractivity contribution in [2.75, 3.05) is 6.61 Å². The molecule has 4 aromatic carbocycles. The van der Waals surface area contributed by atoms with Crippen LogP contribution in [0.2, 0.25) is 0 Å². The molecule has 0 bridgehead atoms. The number of aliphatic imine (C=N–C) groups is 1. The van der Waals surface area contributed by atoms with Gasteiger partial charge in [0.1, 0.15) is 42.2 Å². The maximum Gasteiger partial charge on any atom is 0.222 e. The summed E-state index contributed by atoms with van der Waals surface area (Å²) in [5, 5.41) is 2.31. The van der Waals surface area contributed by atoms with Gasteiger partial charge in [0.15, 0.2) is 0 Å². The van der Waals surface area contributed by atoms with Gasteiger partial charge in [-0.15, -0.1) is 0 Å². The van der Waals surface area contributed by atoms with Gasteiger partial charge in [-0.1, -0.05) is 60.7 Å². The van der Waals surface area contributed by atoms with Gasteiger partial charge in [-0.3, -0.25) is 0 Å². The molecule has 0 saturated carbocycles. The lowest BCUT2D eigenvalue weighted by molar-refractivity contribution is 0.306. The smallest absolute Gasteiger partial charge is 0.222 e. The number of hydrogen-bond acceptors (Lipinski definition) is 3. The van der Waals surface area contributed by atoms with Gasteiger partial charge >= 0.3 is 0 Å². The fourth-order valence-corrected chi connectivity index (χ4v) is 3.64. The van der Waals surface area contributed by atoms with Crippen molar-refractivity contribution in [1.29, 1.82) is 0 Å². The van der Waals surface area contributed by atoms with E-state index in [1.807, 2.05) is 54.6 Å². The third kappa shape index (κ3) is 3.99. The zero-order valence-corrected chi connectivity index (χ0v) is 16.6. The highest BCUT2D eigenvalue weighted by molar-refractivity contribution is 5.95. The lowest BCUT2D eigenvalue weighted by Crippen LogP contribution is -2.07. The first-order valence-electron chi connectivity index (χ1n) is 10.0. The Morgan fingerprint density at radius 2 is 1.58 bits per heavy atom. The van der Waals surface area contributed by atoms with E-state index in [1.165, 1.54) is 23.6 Å². The largest absolute Gasteiger partial charge is 0.489 e. The lowest BCUT2D eigenvalue weighted by Gasteiger charge is -2.09. The molecule has 0 N–H and O–H groups in total. The van der Waals surface area contributed by atoms with Crippen LogP contribution in [0.15, 0.2) is 89.9 Å². The summed E-state index contributed by atoms with van der Waals surface area (Å²) < 4.78 is 39.4. The molecular formula is C26H19F2NO2. The number of fused-ring (bicyclic) bond motifs is 1. The fraction of sp³-hybridized carbons (Fsp3) is 0.115. The SMILES string of the molecule is Fc1cccc(F)c1C1=NC(c2ccc(COc3ccc4ccccc4c3)cc2)CO1. The highest BCUT2D eigenvalue weighted by Crippen LogP contribution is 2.28. The van der Waals surface area contributed by atoms with E-state index in [0.717, 1.165) is 22.3 Å². The van der Waals surface area contributed by atoms with Gasteiger partial charge in [-0.2, -0.15) is 0 Å². The predicted octanol–water partition coefficient (Wildman–Crippen LogP) is 6.22. The number of rotatable bonds is 5. The first kappa shape index (κ1) is 19.2. The summed E-state index contributed by atoms with van der Waals surface area (Å²) in [6.45, 7) is 0.685. The molecule has 0 aliphatic carbocycles. The Kier molecular flexibility index (Phi) is 5.08. The van der Waals surface area contributed by atoms with Crippen LogP contribution >= 0.6 is 0 Å². The van der Waals surface area contributed by atoms with Crippen molar-refractivity contribution in [1.82, 2.24) is 0 Å². The molecule has 0 aromatic heterocycles. The number of ether oxygens (including phenoxy) is 2. The van der Waals surface area contributed by atoms with E-state index in [9.17, 15) is 8.78 Å². The normalized spacial score (nSPS) is 15.5. The zero-order valence-electron chi connectivity index (χ0n) is 16.6. The number of benzene rings is 4. The van der Waals surface area contributed by atoms with Gasteiger partial charge in [-0.25, -0.2) is 13.8 Å². The predicted molar refractivity (Wildman–Crippen MR) is 116 cm³/mol. The molecule has 5 heteroatoms. The zero-order chi connectivity index (χ0) is 21.2. The second kappa shape index (κ2) is 8.19. The van der Waals surface area contributed by atoms with Crippen molar-refractivity contribution < 1.29 is 18.3 Å². The van der Waals surface area contributed by atoms with Crippen molar-refractivity contribution in [2.24, 2.45) is 4.99 Å². The number of halogens is 2. The minimum absolute atomic E-state index is 0.00399. The Balaban J connectivity index is 1.27. The van der Waals surface area contributed by atoms with Crippen LogP contribution in [0.5, 0.6) is 5.75 Å². The van der Waals surface area contributed by atoms with Gasteiger partial charge < -0.3 is 9.47 Å². The third-order valence-corrected chi connectivity index (χ3v) is 5.32. The maximum atomic E-state index is 14.0. The Labute approximate surface area is 178 Å². The van der Waals surface area contributed by atoms with Crippen LogP contribution in [0.1, 0.15) is 22.7 Å². The van der Waals surface area contributed by atoms with Gasteiger partial charge in [0.05, 0.1) is 0 Å². The van der Waals surface area contributed by atoms with E-state index >= 15 is 0 Å². The van der Waals surface area contributed by atoms with Crippen LogP contribution in [-0.2, 0) is 11.3 Å². The first-order valence-corrected chi connectivity index (χ1v) is 10.0. The second-order valence-electron chi connectivity index (χ2n) is 7.40. The van der Waals surface area contributed by atoms with Gasteiger partial charge in [0.25, 0.3) is 0 Å². The molecule has 5 rings (SSSR count). The Bertz CT molecular complexity index is 1250. The average Bonchev–Trinajstić information content (AvgIpc) is 3.27. The van der Waals surface area contributed by atoms with Crippen LogP contribution in [0, 0.1) is 11.6 Å². The highest BCUT2D eigenvalue weighted by atomic mass is 19.1. The quantitative estimate of drug-likeness (QED) is 0.388. The molecule has 4 aromatic rings. The summed E-state index contributed by atoms with van der Waals surface area (Å²) in [7, 11) is 0. The van der Waals surface area contributed by atoms with E-state index in [0.29, 0.717) is 6.61 Å². The van der Waals surface area contributed by atoms with Crippen molar-refractivity contribution in [3.05, 3.63) is 113 Å². The first-order chi connectivity index (χ1) is 15.2. The molecule has 1 unspecified atom stereocenters. The van der Waals surface area contributed by atoms with E-state index in [-0.39, 0.29) is 24.1 Å². The van der Waals surface area contributed by atoms with Gasteiger partial charge in [0.2, 0.25) is 5.90 Å². The van der Waals surface area contributed by atoms with Crippen LogP contribution in [0.4, 0.5) is 8.78 Å². The highest BCUT2D eigenvalue weighted by Gasteiger charge is 2.26. The number of nitrogens with zero attached hydrogens (tertiary/aromatic N) is 1. The van der Waals surface area contributed by atoms with E-state index in [1.54, 1.807) is 0 Å². The summed E-state index contributed by atoms with van der Waals surface area (Å²) in [6.07, 6.45) is 0.